The lowest BCUT2D eigenvalue weighted by molar-refractivity contribution is 0.0820. The molecule has 1 aromatic carbocycles. The van der Waals surface area contributed by atoms with Gasteiger partial charge in [0.25, 0.3) is 5.91 Å². The van der Waals surface area contributed by atoms with Crippen LogP contribution in [-0.4, -0.2) is 38.3 Å². The first-order valence-electron chi connectivity index (χ1n) is 4.45. The average Bonchev–Trinajstić information content (AvgIpc) is 2.26. The normalized spacial score (nSPS) is 9.53. The van der Waals surface area contributed by atoms with Gasteiger partial charge >= 0.3 is 0 Å². The Kier molecular flexibility index (Phi) is 3.44. The maximum absolute atomic E-state index is 11.8. The molecule has 0 fully saturated rings. The third-order valence-corrected chi connectivity index (χ3v) is 2.03. The first-order chi connectivity index (χ1) is 7.11. The van der Waals surface area contributed by atoms with E-state index in [1.54, 1.807) is 32.3 Å². The first kappa shape index (κ1) is 11.2. The number of rotatable bonds is 3. The van der Waals surface area contributed by atoms with Crippen LogP contribution in [-0.2, 0) is 0 Å². The average molecular weight is 207 g/mol. The molecular weight excluding hydrogens is 194 g/mol. The Morgan fingerprint density at radius 2 is 2.07 bits per heavy atom. The van der Waals surface area contributed by atoms with Crippen LogP contribution in [0.4, 0.5) is 0 Å². The van der Waals surface area contributed by atoms with Gasteiger partial charge in [-0.05, 0) is 6.07 Å². The highest BCUT2D eigenvalue weighted by Gasteiger charge is 2.18. The van der Waals surface area contributed by atoms with Gasteiger partial charge in [0.2, 0.25) is 0 Å². The fourth-order valence-electron chi connectivity index (χ4n) is 1.27. The predicted molar refractivity (Wildman–Crippen MR) is 56.4 cm³/mol. The molecule has 15 heavy (non-hydrogen) atoms. The van der Waals surface area contributed by atoms with Crippen molar-refractivity contribution in [2.24, 2.45) is 0 Å². The van der Waals surface area contributed by atoms with Crippen LogP contribution < -0.4 is 4.74 Å². The molecule has 0 aromatic heterocycles. The topological polar surface area (TPSA) is 46.6 Å². The van der Waals surface area contributed by atoms with E-state index in [9.17, 15) is 9.59 Å². The number of carbonyl (C=O) groups is 2. The minimum Gasteiger partial charge on any atom is -0.496 e. The van der Waals surface area contributed by atoms with Crippen molar-refractivity contribution in [2.75, 3.05) is 21.2 Å². The summed E-state index contributed by atoms with van der Waals surface area (Å²) in [6, 6.07) is 4.92. The maximum Gasteiger partial charge on any atom is 0.257 e. The Labute approximate surface area is 88.5 Å². The van der Waals surface area contributed by atoms with E-state index < -0.39 is 0 Å². The lowest BCUT2D eigenvalue weighted by Gasteiger charge is -2.14. The predicted octanol–water partition coefficient (Wildman–Crippen LogP) is 1.21. The molecule has 4 heteroatoms. The molecule has 0 saturated heterocycles. The Hall–Kier alpha value is -1.84. The molecule has 4 nitrogen and oxygen atoms in total. The van der Waals surface area contributed by atoms with Gasteiger partial charge in [-0.3, -0.25) is 9.59 Å². The summed E-state index contributed by atoms with van der Waals surface area (Å²) in [5.74, 6) is 0.174. The number of hydrogen-bond acceptors (Lipinski definition) is 3. The van der Waals surface area contributed by atoms with Crippen molar-refractivity contribution in [1.29, 1.82) is 0 Å². The van der Waals surface area contributed by atoms with Crippen LogP contribution >= 0.6 is 0 Å². The Balaban J connectivity index is 3.34. The van der Waals surface area contributed by atoms with Gasteiger partial charge in [0.05, 0.1) is 12.7 Å². The van der Waals surface area contributed by atoms with Crippen molar-refractivity contribution in [3.8, 4) is 5.75 Å². The molecule has 80 valence electrons. The summed E-state index contributed by atoms with van der Waals surface area (Å²) in [6.07, 6.45) is 0.652. The lowest BCUT2D eigenvalue weighted by atomic mass is 10.1. The summed E-state index contributed by atoms with van der Waals surface area (Å²) in [4.78, 5) is 24.0. The molecule has 0 unspecified atom stereocenters. The zero-order valence-electron chi connectivity index (χ0n) is 8.98. The summed E-state index contributed by atoms with van der Waals surface area (Å²) < 4.78 is 5.05. The van der Waals surface area contributed by atoms with Crippen LogP contribution in [0.3, 0.4) is 0 Å². The largest absolute Gasteiger partial charge is 0.496 e. The van der Waals surface area contributed by atoms with E-state index in [1.165, 1.54) is 12.0 Å². The monoisotopic (exact) mass is 207 g/mol. The van der Waals surface area contributed by atoms with E-state index in [0.717, 1.165) is 0 Å². The molecule has 0 saturated carbocycles. The summed E-state index contributed by atoms with van der Waals surface area (Å²) in [6.45, 7) is 0. The molecule has 0 atom stereocenters. The Morgan fingerprint density at radius 3 is 2.53 bits per heavy atom. The molecule has 0 aliphatic heterocycles. The second kappa shape index (κ2) is 4.59. The third kappa shape index (κ3) is 2.15. The molecule has 0 spiro atoms. The van der Waals surface area contributed by atoms with E-state index in [4.69, 9.17) is 4.74 Å². The zero-order chi connectivity index (χ0) is 11.4. The number of amides is 1. The molecule has 0 heterocycles. The second-order valence-corrected chi connectivity index (χ2v) is 3.24. The number of hydrogen-bond donors (Lipinski definition) is 0. The van der Waals surface area contributed by atoms with E-state index in [0.29, 0.717) is 23.2 Å². The van der Waals surface area contributed by atoms with Crippen molar-refractivity contribution in [3.05, 3.63) is 29.3 Å². The van der Waals surface area contributed by atoms with E-state index in [1.807, 2.05) is 0 Å². The lowest BCUT2D eigenvalue weighted by Crippen LogP contribution is -2.23. The second-order valence-electron chi connectivity index (χ2n) is 3.24. The number of methoxy groups -OCH3 is 1. The number of benzene rings is 1. The number of carbonyl (C=O) groups excluding carboxylic acids is 2. The van der Waals surface area contributed by atoms with Gasteiger partial charge in [0.1, 0.15) is 5.75 Å². The van der Waals surface area contributed by atoms with Gasteiger partial charge in [0.15, 0.2) is 6.29 Å². The highest BCUT2D eigenvalue weighted by atomic mass is 16.5. The van der Waals surface area contributed by atoms with E-state index >= 15 is 0 Å². The van der Waals surface area contributed by atoms with Gasteiger partial charge < -0.3 is 9.64 Å². The molecule has 0 aliphatic rings. The van der Waals surface area contributed by atoms with Crippen LogP contribution in [0.1, 0.15) is 20.7 Å². The quantitative estimate of drug-likeness (QED) is 0.700. The summed E-state index contributed by atoms with van der Waals surface area (Å²) in [7, 11) is 4.73. The Morgan fingerprint density at radius 1 is 1.40 bits per heavy atom. The minimum absolute atomic E-state index is 0.241. The van der Waals surface area contributed by atoms with Crippen molar-refractivity contribution < 1.29 is 14.3 Å². The highest BCUT2D eigenvalue weighted by Crippen LogP contribution is 2.22. The zero-order valence-corrected chi connectivity index (χ0v) is 8.98. The molecule has 0 N–H and O–H groups in total. The first-order valence-corrected chi connectivity index (χ1v) is 4.45. The molecule has 1 amide bonds. The molecule has 0 bridgehead atoms. The maximum atomic E-state index is 11.8. The number of ether oxygens (including phenoxy) is 1. The fraction of sp³-hybridized carbons (Fsp3) is 0.273. The van der Waals surface area contributed by atoms with Gasteiger partial charge in [-0.1, -0.05) is 12.1 Å². The number of aldehydes is 1. The van der Waals surface area contributed by atoms with Crippen LogP contribution in [0.5, 0.6) is 5.75 Å². The molecule has 0 radical (unpaired) electrons. The van der Waals surface area contributed by atoms with Crippen molar-refractivity contribution in [1.82, 2.24) is 4.90 Å². The summed E-state index contributed by atoms with van der Waals surface area (Å²) in [5.41, 5.74) is 0.646. The van der Waals surface area contributed by atoms with Gasteiger partial charge in [0, 0.05) is 19.7 Å². The van der Waals surface area contributed by atoms with Crippen molar-refractivity contribution >= 4 is 12.2 Å². The van der Waals surface area contributed by atoms with Crippen LogP contribution in [0.15, 0.2) is 18.2 Å². The molecule has 0 aliphatic carbocycles. The third-order valence-electron chi connectivity index (χ3n) is 2.03. The van der Waals surface area contributed by atoms with E-state index in [2.05, 4.69) is 0 Å². The van der Waals surface area contributed by atoms with Crippen molar-refractivity contribution in [3.63, 3.8) is 0 Å². The smallest absolute Gasteiger partial charge is 0.257 e. The van der Waals surface area contributed by atoms with Gasteiger partial charge in [-0.15, -0.1) is 0 Å². The molecule has 1 aromatic rings. The van der Waals surface area contributed by atoms with Crippen LogP contribution in [0.2, 0.25) is 0 Å². The number of nitrogens with zero attached hydrogens (tertiary/aromatic N) is 1. The summed E-state index contributed by atoms with van der Waals surface area (Å²) >= 11 is 0. The van der Waals surface area contributed by atoms with E-state index in [-0.39, 0.29) is 5.91 Å². The standard InChI is InChI=1S/C11H13NO3/c1-12(2)11(14)10-8(7-13)5-4-6-9(10)15-3/h4-7H,1-3H3. The highest BCUT2D eigenvalue weighted by molar-refractivity contribution is 6.03. The Bertz CT molecular complexity index is 385. The van der Waals surface area contributed by atoms with Crippen LogP contribution in [0, 0.1) is 0 Å². The van der Waals surface area contributed by atoms with Crippen molar-refractivity contribution in [2.45, 2.75) is 0 Å². The van der Waals surface area contributed by atoms with Gasteiger partial charge in [-0.25, -0.2) is 0 Å². The molecule has 1 rings (SSSR count). The SMILES string of the molecule is COc1cccc(C=O)c1C(=O)N(C)C. The molecular formula is C11H13NO3. The minimum atomic E-state index is -0.241. The van der Waals surface area contributed by atoms with Crippen LogP contribution in [0.25, 0.3) is 0 Å². The fourth-order valence-corrected chi connectivity index (χ4v) is 1.27. The summed E-state index contributed by atoms with van der Waals surface area (Å²) in [5, 5.41) is 0. The van der Waals surface area contributed by atoms with Gasteiger partial charge in [-0.2, -0.15) is 0 Å².